The molecule has 0 saturated carbocycles. The van der Waals surface area contributed by atoms with E-state index in [1.807, 2.05) is 19.0 Å². The molecule has 141 heavy (non-hydrogen) atoms. The molecule has 17 N–H and O–H groups in total. The minimum Gasteiger partial charge on any atom is -0.481 e. The summed E-state index contributed by atoms with van der Waals surface area (Å²) < 4.78 is 36.8. The smallest absolute Gasteiger partial charge is 0.303 e. The summed E-state index contributed by atoms with van der Waals surface area (Å²) in [6, 6.07) is 10.6. The molecule has 0 spiro atoms. The van der Waals surface area contributed by atoms with Gasteiger partial charge in [0, 0.05) is 204 Å². The van der Waals surface area contributed by atoms with E-state index in [4.69, 9.17) is 24.1 Å². The van der Waals surface area contributed by atoms with Crippen LogP contribution in [0, 0.1) is 0 Å². The summed E-state index contributed by atoms with van der Waals surface area (Å²) in [7, 11) is 20.3. The zero-order chi connectivity index (χ0) is 102. The van der Waals surface area contributed by atoms with Crippen LogP contribution in [0.5, 0.6) is 0 Å². The van der Waals surface area contributed by atoms with Gasteiger partial charge in [0.15, 0.2) is 17.5 Å². The number of nitrogens with zero attached hydrogens (tertiary/aromatic N) is 14. The second-order valence-electron chi connectivity index (χ2n) is 33.1. The summed E-state index contributed by atoms with van der Waals surface area (Å²) in [4.78, 5) is 221. The highest BCUT2D eigenvalue weighted by Crippen LogP contribution is 2.25. The lowest BCUT2D eigenvalue weighted by molar-refractivity contribution is -0.137. The fraction of sp³-hybridized carbons (Fsp3) is 0.411. The van der Waals surface area contributed by atoms with Crippen molar-refractivity contribution < 1.29 is 101 Å². The molecule has 0 aromatic carbocycles. The Kier molecular flexibility index (Phi) is 39.2. The van der Waals surface area contributed by atoms with Gasteiger partial charge in [-0.25, -0.2) is 15.0 Å². The Bertz CT molecular complexity index is 6180. The van der Waals surface area contributed by atoms with Crippen LogP contribution < -0.4 is 85.1 Å². The predicted octanol–water partition coefficient (Wildman–Crippen LogP) is 2.36. The first-order valence-corrected chi connectivity index (χ1v) is 44.9. The molecule has 0 aliphatic heterocycles. The minimum absolute atomic E-state index is 0.00711. The third-order valence-corrected chi connectivity index (χ3v) is 21.2. The Labute approximate surface area is 809 Å². The van der Waals surface area contributed by atoms with Crippen molar-refractivity contribution in [3.05, 3.63) is 162 Å². The summed E-state index contributed by atoms with van der Waals surface area (Å²) in [6.07, 6.45) is 17.4. The number of nitrogens with one attached hydrogen (secondary N) is 16. The van der Waals surface area contributed by atoms with Crippen LogP contribution in [0.15, 0.2) is 104 Å². The van der Waals surface area contributed by atoms with Crippen molar-refractivity contribution in [1.29, 1.82) is 0 Å². The molecule has 756 valence electrons. The number of aromatic nitrogens is 13. The maximum atomic E-state index is 13.6. The lowest BCUT2D eigenvalue weighted by atomic mass is 10.2. The molecule has 0 bridgehead atoms. The van der Waals surface area contributed by atoms with Crippen LogP contribution in [0.1, 0.15) is 158 Å². The van der Waals surface area contributed by atoms with Gasteiger partial charge in [0.2, 0.25) is 41.2 Å². The van der Waals surface area contributed by atoms with Crippen molar-refractivity contribution >= 4 is 152 Å². The van der Waals surface area contributed by atoms with Crippen molar-refractivity contribution in [2.75, 3.05) is 166 Å². The Hall–Kier alpha value is -16.3. The normalized spacial score (nSPS) is 11.1. The number of aryl methyl sites for hydroxylation is 10. The third kappa shape index (κ3) is 33.0. The number of amides is 15. The molecule has 0 atom stereocenters. The first-order valence-electron chi connectivity index (χ1n) is 44.9. The van der Waals surface area contributed by atoms with Crippen LogP contribution >= 0.6 is 0 Å². The van der Waals surface area contributed by atoms with Gasteiger partial charge in [0.25, 0.3) is 59.1 Å². The summed E-state index contributed by atoms with van der Waals surface area (Å²) in [5.74, 6) is -7.21. The number of imidazole rings is 3. The van der Waals surface area contributed by atoms with Gasteiger partial charge in [0.05, 0.1) is 86.0 Å². The molecule has 0 fully saturated rings. The highest BCUT2D eigenvalue weighted by Gasteiger charge is 2.26. The Morgan fingerprint density at radius 3 is 1.02 bits per heavy atom. The van der Waals surface area contributed by atoms with E-state index in [2.05, 4.69) is 100 Å². The van der Waals surface area contributed by atoms with E-state index in [1.165, 1.54) is 100 Å². The van der Waals surface area contributed by atoms with Crippen molar-refractivity contribution in [2.45, 2.75) is 64.3 Å². The number of unbranched alkanes of at least 4 members (excludes halogenated alkanes) is 1. The van der Waals surface area contributed by atoms with Crippen LogP contribution in [0.4, 0.5) is 57.3 Å². The monoisotopic (exact) mass is 1960 g/mol. The molecular formula is C90H120N30O21. The van der Waals surface area contributed by atoms with E-state index in [0.29, 0.717) is 59.3 Å². The number of carbonyl (C=O) groups excluding carboxylic acids is 15. The maximum Gasteiger partial charge on any atom is 0.303 e. The number of carboxylic acids is 1. The Balaban J connectivity index is 0.557. The van der Waals surface area contributed by atoms with E-state index in [0.717, 1.165) is 13.0 Å². The Morgan fingerprint density at radius 2 is 0.603 bits per heavy atom. The number of anilines is 10. The predicted molar refractivity (Wildman–Crippen MR) is 515 cm³/mol. The molecular weight excluding hydrogens is 1840 g/mol. The fourth-order valence-electron chi connectivity index (χ4n) is 14.2. The number of aliphatic carboxylic acids is 1. The van der Waals surface area contributed by atoms with Crippen LogP contribution in [0.25, 0.3) is 0 Å². The SMILES string of the molecule is CN(C)CCCNC(=O)c1cc(NC(=O)c2cc(NCc3nc(NC(=O)CCNC(=O)c4cc(NC(=O)c5cc(NC(=O)CCCNC(=O)c6cc(NC(=O)c7nc(NC(=O)CCNC(=O)c8cc(NC(=O)c9cc(NC(=O)c%10nc(NC(=O)COCCOCCNC(=O)COCCOCCNC(=O)CCCCC(=O)O)cn%10C)cn9C)cn8C)cn7C)cn6C)cn5C)cn4C)cn3C)cn2C)cn1C. The fourth-order valence-corrected chi connectivity index (χ4v) is 14.2. The molecule has 10 aromatic rings. The van der Waals surface area contributed by atoms with Crippen molar-refractivity contribution in [3.8, 4) is 0 Å². The number of carbonyl (C=O) groups is 16. The second kappa shape index (κ2) is 51.8. The molecule has 0 unspecified atom stereocenters. The quantitative estimate of drug-likeness (QED) is 0.0243. The van der Waals surface area contributed by atoms with Crippen LogP contribution in [-0.2, 0) is 130 Å². The average Bonchev–Trinajstić information content (AvgIpc) is 1.69. The number of hydrogen-bond acceptors (Lipinski definition) is 25. The lowest BCUT2D eigenvalue weighted by Gasteiger charge is -2.10. The van der Waals surface area contributed by atoms with Gasteiger partial charge in [-0.3, -0.25) is 76.7 Å². The molecule has 10 rings (SSSR count). The molecule has 10 heterocycles. The summed E-state index contributed by atoms with van der Waals surface area (Å²) in [6.45, 7) is 2.43. The summed E-state index contributed by atoms with van der Waals surface area (Å²) in [5.41, 5.74) is 4.06. The molecule has 0 aliphatic rings. The molecule has 0 saturated heterocycles. The van der Waals surface area contributed by atoms with E-state index in [9.17, 15) is 76.7 Å². The Morgan fingerprint density at radius 1 is 0.284 bits per heavy atom. The maximum absolute atomic E-state index is 13.6. The van der Waals surface area contributed by atoms with E-state index < -0.39 is 70.9 Å². The third-order valence-electron chi connectivity index (χ3n) is 21.2. The van der Waals surface area contributed by atoms with Gasteiger partial charge in [0.1, 0.15) is 58.9 Å². The molecule has 10 aromatic heterocycles. The molecule has 51 nitrogen and oxygen atoms in total. The average molecular weight is 1960 g/mol. The number of rotatable bonds is 56. The first-order chi connectivity index (χ1) is 67.3. The van der Waals surface area contributed by atoms with Crippen molar-refractivity contribution in [1.82, 2.24) is 97.4 Å². The van der Waals surface area contributed by atoms with Crippen LogP contribution in [-0.4, -0.2) is 278 Å². The molecule has 0 radical (unpaired) electrons. The van der Waals surface area contributed by atoms with Gasteiger partial charge in [-0.2, -0.15) is 0 Å². The van der Waals surface area contributed by atoms with Gasteiger partial charge in [-0.15, -0.1) is 0 Å². The van der Waals surface area contributed by atoms with E-state index in [1.54, 1.807) is 120 Å². The standard InChI is InChI=1S/C90H120N30O21/c1-110(2)28-16-23-94-83(130)62-37-57(45-112(62)4)99-86(133)66-35-55(43-111(66)3)97-42-72-104-69(50-118(72)10)105-75(123)20-24-95-84(131)64-38-58(46-113(64)5)100-87(134)67-36-56(44-116(67)8)98-74(122)18-15-22-93-82(129)63-40-60(48-115(63)7)102-89(136)80-108-70(51-119(80)11)106-76(124)21-25-96-85(132)65-39-59(47-114(65)6)101-88(135)68-41-61(49-117(68)9)103-90(137)81-109-71(52-120(81)12)107-78(126)54-141-34-32-139-30-27-92-77(125)53-140-33-31-138-29-26-91-73(121)17-13-14-19-79(127)128/h35-41,43-52,97H,13-34,42,53-54H2,1-12H3,(H,91,121)(H,92,125)(H,93,129)(H,94,130)(H,95,131)(H,96,132)(H,98,122)(H,99,133)(H,100,134)(H,101,135)(H,102,136)(H,103,137)(H,105,123)(H,106,124)(H,107,126)(H,127,128). The highest BCUT2D eigenvalue weighted by atomic mass is 16.5. The molecule has 51 heteroatoms. The van der Waals surface area contributed by atoms with Gasteiger partial charge >= 0.3 is 5.97 Å². The summed E-state index contributed by atoms with van der Waals surface area (Å²) in [5, 5.41) is 52.8. The van der Waals surface area contributed by atoms with Gasteiger partial charge < -0.3 is 160 Å². The largest absolute Gasteiger partial charge is 0.481 e. The van der Waals surface area contributed by atoms with Crippen molar-refractivity contribution in [2.24, 2.45) is 70.5 Å². The minimum atomic E-state index is -0.899. The van der Waals surface area contributed by atoms with Crippen LogP contribution in [0.3, 0.4) is 0 Å². The second-order valence-corrected chi connectivity index (χ2v) is 33.1. The van der Waals surface area contributed by atoms with Crippen LogP contribution in [0.2, 0.25) is 0 Å². The number of hydrogen-bond donors (Lipinski definition) is 17. The first kappa shape index (κ1) is 107. The number of carboxylic acid groups (broad SMARTS) is 1. The zero-order valence-corrected chi connectivity index (χ0v) is 80.4. The lowest BCUT2D eigenvalue weighted by Crippen LogP contribution is -2.31. The highest BCUT2D eigenvalue weighted by molar-refractivity contribution is 6.09. The van der Waals surface area contributed by atoms with E-state index in [-0.39, 0.29) is 229 Å². The van der Waals surface area contributed by atoms with Crippen molar-refractivity contribution in [3.63, 3.8) is 0 Å². The zero-order valence-electron chi connectivity index (χ0n) is 80.4. The van der Waals surface area contributed by atoms with Gasteiger partial charge in [-0.05, 0) is 88.8 Å². The van der Waals surface area contributed by atoms with Gasteiger partial charge in [-0.1, -0.05) is 0 Å². The van der Waals surface area contributed by atoms with E-state index >= 15 is 0 Å². The molecule has 15 amide bonds. The summed E-state index contributed by atoms with van der Waals surface area (Å²) >= 11 is 0. The topological polar surface area (TPSA) is 614 Å². The number of ether oxygens (including phenoxy) is 4. The molecule has 0 aliphatic carbocycles.